The van der Waals surface area contributed by atoms with Gasteiger partial charge in [0.2, 0.25) is 0 Å². The third-order valence-corrected chi connectivity index (χ3v) is 3.01. The average molecular weight is 267 g/mol. The van der Waals surface area contributed by atoms with Crippen LogP contribution >= 0.6 is 0 Å². The molecule has 1 rings (SSSR count). The Bertz CT molecular complexity index is 432. The summed E-state index contributed by atoms with van der Waals surface area (Å²) in [6, 6.07) is 3.16. The SMILES string of the molecule is C=CCN(CCOC)c1cc(C)c(F)cc1C(C)O. The molecule has 0 saturated carbocycles. The molecule has 0 amide bonds. The third kappa shape index (κ3) is 4.04. The zero-order valence-electron chi connectivity index (χ0n) is 11.8. The molecule has 0 aliphatic rings. The number of aliphatic hydroxyl groups excluding tert-OH is 1. The van der Waals surface area contributed by atoms with E-state index < -0.39 is 6.10 Å². The molecule has 1 atom stereocenters. The van der Waals surface area contributed by atoms with Gasteiger partial charge >= 0.3 is 0 Å². The first-order valence-corrected chi connectivity index (χ1v) is 6.34. The van der Waals surface area contributed by atoms with Crippen molar-refractivity contribution in [2.45, 2.75) is 20.0 Å². The summed E-state index contributed by atoms with van der Waals surface area (Å²) in [5.41, 5.74) is 1.97. The number of aryl methyl sites for hydroxylation is 1. The Morgan fingerprint density at radius 1 is 1.53 bits per heavy atom. The van der Waals surface area contributed by atoms with Crippen LogP contribution in [0.15, 0.2) is 24.8 Å². The first kappa shape index (κ1) is 15.7. The van der Waals surface area contributed by atoms with E-state index in [1.165, 1.54) is 6.07 Å². The molecule has 0 heterocycles. The lowest BCUT2D eigenvalue weighted by Crippen LogP contribution is -2.28. The number of anilines is 1. The monoisotopic (exact) mass is 267 g/mol. The number of nitrogens with zero attached hydrogens (tertiary/aromatic N) is 1. The fourth-order valence-electron chi connectivity index (χ4n) is 1.96. The predicted octanol–water partition coefficient (Wildman–Crippen LogP) is 2.83. The van der Waals surface area contributed by atoms with Gasteiger partial charge in [-0.25, -0.2) is 4.39 Å². The molecule has 0 fully saturated rings. The molecule has 0 radical (unpaired) electrons. The summed E-state index contributed by atoms with van der Waals surface area (Å²) in [5, 5.41) is 9.81. The summed E-state index contributed by atoms with van der Waals surface area (Å²) in [6.45, 7) is 8.92. The second kappa shape index (κ2) is 7.26. The molecular formula is C15H22FNO2. The van der Waals surface area contributed by atoms with Gasteiger partial charge in [0.05, 0.1) is 12.7 Å². The van der Waals surface area contributed by atoms with Gasteiger partial charge in [0, 0.05) is 31.5 Å². The van der Waals surface area contributed by atoms with E-state index in [0.717, 1.165) is 5.69 Å². The third-order valence-electron chi connectivity index (χ3n) is 3.01. The number of hydrogen-bond acceptors (Lipinski definition) is 3. The molecule has 0 bridgehead atoms. The van der Waals surface area contributed by atoms with E-state index in [1.54, 1.807) is 33.1 Å². The van der Waals surface area contributed by atoms with Crippen molar-refractivity contribution in [3.8, 4) is 0 Å². The van der Waals surface area contributed by atoms with Gasteiger partial charge in [-0.1, -0.05) is 6.08 Å². The smallest absolute Gasteiger partial charge is 0.126 e. The van der Waals surface area contributed by atoms with Gasteiger partial charge < -0.3 is 14.7 Å². The number of ether oxygens (including phenoxy) is 1. The highest BCUT2D eigenvalue weighted by molar-refractivity contribution is 5.57. The molecule has 0 aromatic heterocycles. The zero-order valence-corrected chi connectivity index (χ0v) is 11.8. The Kier molecular flexibility index (Phi) is 5.99. The highest BCUT2D eigenvalue weighted by Gasteiger charge is 2.16. The number of methoxy groups -OCH3 is 1. The summed E-state index contributed by atoms with van der Waals surface area (Å²) in [4.78, 5) is 2.02. The molecule has 3 nitrogen and oxygen atoms in total. The normalized spacial score (nSPS) is 12.3. The van der Waals surface area contributed by atoms with Crippen molar-refractivity contribution in [2.75, 3.05) is 31.7 Å². The van der Waals surface area contributed by atoms with Crippen LogP contribution in [0.5, 0.6) is 0 Å². The fourth-order valence-corrected chi connectivity index (χ4v) is 1.96. The number of benzene rings is 1. The zero-order chi connectivity index (χ0) is 14.4. The van der Waals surface area contributed by atoms with Crippen molar-refractivity contribution in [1.82, 2.24) is 0 Å². The molecule has 0 aliphatic carbocycles. The van der Waals surface area contributed by atoms with E-state index in [4.69, 9.17) is 4.74 Å². The maximum absolute atomic E-state index is 13.6. The van der Waals surface area contributed by atoms with Crippen molar-refractivity contribution in [1.29, 1.82) is 0 Å². The molecule has 0 aliphatic heterocycles. The lowest BCUT2D eigenvalue weighted by molar-refractivity contribution is 0.197. The van der Waals surface area contributed by atoms with Crippen LogP contribution in [-0.4, -0.2) is 31.9 Å². The second-order valence-electron chi connectivity index (χ2n) is 4.56. The first-order chi connectivity index (χ1) is 9.01. The van der Waals surface area contributed by atoms with Crippen LogP contribution in [0, 0.1) is 12.7 Å². The lowest BCUT2D eigenvalue weighted by atomic mass is 10.0. The van der Waals surface area contributed by atoms with Gasteiger partial charge in [0.1, 0.15) is 5.82 Å². The fraction of sp³-hybridized carbons (Fsp3) is 0.467. The van der Waals surface area contributed by atoms with E-state index in [-0.39, 0.29) is 5.82 Å². The standard InChI is InChI=1S/C15H22FNO2/c1-5-6-17(7-8-19-4)15-9-11(2)14(16)10-13(15)12(3)18/h5,9-10,12,18H,1,6-8H2,2-4H3. The lowest BCUT2D eigenvalue weighted by Gasteiger charge is -2.27. The van der Waals surface area contributed by atoms with E-state index in [2.05, 4.69) is 6.58 Å². The van der Waals surface area contributed by atoms with E-state index in [1.807, 2.05) is 4.90 Å². The molecule has 1 aromatic carbocycles. The van der Waals surface area contributed by atoms with Crippen LogP contribution in [-0.2, 0) is 4.74 Å². The first-order valence-electron chi connectivity index (χ1n) is 6.34. The molecule has 1 aromatic rings. The molecule has 0 spiro atoms. The van der Waals surface area contributed by atoms with Gasteiger partial charge in [-0.3, -0.25) is 0 Å². The van der Waals surface area contributed by atoms with Crippen LogP contribution in [0.4, 0.5) is 10.1 Å². The summed E-state index contributed by atoms with van der Waals surface area (Å²) in [5.74, 6) is -0.301. The molecule has 106 valence electrons. The number of rotatable bonds is 7. The van der Waals surface area contributed by atoms with Crippen molar-refractivity contribution >= 4 is 5.69 Å². The Hall–Kier alpha value is -1.39. The average Bonchev–Trinajstić information content (AvgIpc) is 2.37. The minimum atomic E-state index is -0.722. The maximum Gasteiger partial charge on any atom is 0.126 e. The van der Waals surface area contributed by atoms with E-state index in [9.17, 15) is 9.50 Å². The molecule has 1 unspecified atom stereocenters. The van der Waals surface area contributed by atoms with Gasteiger partial charge in [0.15, 0.2) is 0 Å². The molecule has 19 heavy (non-hydrogen) atoms. The van der Waals surface area contributed by atoms with Gasteiger partial charge in [-0.05, 0) is 31.5 Å². The van der Waals surface area contributed by atoms with Crippen molar-refractivity contribution < 1.29 is 14.2 Å². The van der Waals surface area contributed by atoms with Crippen molar-refractivity contribution in [3.05, 3.63) is 41.7 Å². The van der Waals surface area contributed by atoms with E-state index in [0.29, 0.717) is 30.8 Å². The van der Waals surface area contributed by atoms with Crippen LogP contribution in [0.3, 0.4) is 0 Å². The Labute approximate surface area is 114 Å². The number of hydrogen-bond donors (Lipinski definition) is 1. The highest BCUT2D eigenvalue weighted by atomic mass is 19.1. The number of halogens is 1. The summed E-state index contributed by atoms with van der Waals surface area (Å²) >= 11 is 0. The van der Waals surface area contributed by atoms with Gasteiger partial charge in [-0.2, -0.15) is 0 Å². The molecule has 0 saturated heterocycles. The maximum atomic E-state index is 13.6. The van der Waals surface area contributed by atoms with Crippen LogP contribution in [0.2, 0.25) is 0 Å². The summed E-state index contributed by atoms with van der Waals surface area (Å²) < 4.78 is 18.7. The molecule has 4 heteroatoms. The molecule has 1 N–H and O–H groups in total. The van der Waals surface area contributed by atoms with Gasteiger partial charge in [-0.15, -0.1) is 6.58 Å². The Balaban J connectivity index is 3.18. The molecular weight excluding hydrogens is 245 g/mol. The minimum absolute atomic E-state index is 0.301. The topological polar surface area (TPSA) is 32.7 Å². The second-order valence-corrected chi connectivity index (χ2v) is 4.56. The Morgan fingerprint density at radius 3 is 2.74 bits per heavy atom. The van der Waals surface area contributed by atoms with Crippen molar-refractivity contribution in [3.63, 3.8) is 0 Å². The van der Waals surface area contributed by atoms with Crippen LogP contribution < -0.4 is 4.90 Å². The van der Waals surface area contributed by atoms with Gasteiger partial charge in [0.25, 0.3) is 0 Å². The predicted molar refractivity (Wildman–Crippen MR) is 76.1 cm³/mol. The minimum Gasteiger partial charge on any atom is -0.389 e. The number of aliphatic hydroxyl groups is 1. The summed E-state index contributed by atoms with van der Waals surface area (Å²) in [7, 11) is 1.64. The van der Waals surface area contributed by atoms with Crippen LogP contribution in [0.1, 0.15) is 24.2 Å². The van der Waals surface area contributed by atoms with Crippen molar-refractivity contribution in [2.24, 2.45) is 0 Å². The Morgan fingerprint density at radius 2 is 2.21 bits per heavy atom. The quantitative estimate of drug-likeness (QED) is 0.771. The van der Waals surface area contributed by atoms with E-state index >= 15 is 0 Å². The van der Waals surface area contributed by atoms with Crippen LogP contribution in [0.25, 0.3) is 0 Å². The summed E-state index contributed by atoms with van der Waals surface area (Å²) in [6.07, 6.45) is 1.06. The highest BCUT2D eigenvalue weighted by Crippen LogP contribution is 2.29. The largest absolute Gasteiger partial charge is 0.389 e.